The summed E-state index contributed by atoms with van der Waals surface area (Å²) in [6.45, 7) is 1.30. The maximum absolute atomic E-state index is 3.54. The lowest BCUT2D eigenvalue weighted by Crippen LogP contribution is -2.57. The molecule has 5 fully saturated rings. The molecule has 0 amide bonds. The maximum atomic E-state index is 3.54. The average molecular weight is 261 g/mol. The minimum Gasteiger partial charge on any atom is -0.319 e. The van der Waals surface area contributed by atoms with Crippen molar-refractivity contribution >= 4 is 0 Å². The Hall–Kier alpha value is -0.0400. The zero-order chi connectivity index (χ0) is 12.9. The lowest BCUT2D eigenvalue weighted by Gasteiger charge is -2.65. The molecule has 5 saturated carbocycles. The topological polar surface area (TPSA) is 12.0 Å². The Morgan fingerprint density at radius 3 is 2.26 bits per heavy atom. The standard InChI is InChI=1S/C18H31N/c1-19-13-17-8-14-7-15(9-17)11-18(10-14,12-17)16-5-3-2-4-6-16/h14-16,19H,2-13H2,1H3. The van der Waals surface area contributed by atoms with Gasteiger partial charge in [0.25, 0.3) is 0 Å². The Kier molecular flexibility index (Phi) is 2.99. The summed E-state index contributed by atoms with van der Waals surface area (Å²) in [6, 6.07) is 0. The van der Waals surface area contributed by atoms with E-state index in [2.05, 4.69) is 12.4 Å². The third-order valence-corrected chi connectivity index (χ3v) is 7.25. The summed E-state index contributed by atoms with van der Waals surface area (Å²) in [4.78, 5) is 0. The Bertz CT molecular complexity index is 328. The second-order valence-corrected chi connectivity index (χ2v) is 8.69. The van der Waals surface area contributed by atoms with E-state index in [0.717, 1.165) is 23.2 Å². The molecular weight excluding hydrogens is 230 g/mol. The summed E-state index contributed by atoms with van der Waals surface area (Å²) in [5.74, 6) is 3.29. The molecule has 2 unspecified atom stereocenters. The van der Waals surface area contributed by atoms with Crippen LogP contribution < -0.4 is 5.32 Å². The van der Waals surface area contributed by atoms with E-state index in [4.69, 9.17) is 0 Å². The molecule has 5 aliphatic rings. The molecule has 0 heterocycles. The van der Waals surface area contributed by atoms with E-state index in [9.17, 15) is 0 Å². The van der Waals surface area contributed by atoms with Gasteiger partial charge < -0.3 is 5.32 Å². The average Bonchev–Trinajstić information content (AvgIpc) is 2.38. The number of rotatable bonds is 3. The maximum Gasteiger partial charge on any atom is 0.000521 e. The van der Waals surface area contributed by atoms with Crippen LogP contribution >= 0.6 is 0 Å². The van der Waals surface area contributed by atoms with E-state index in [1.807, 2.05) is 0 Å². The summed E-state index contributed by atoms with van der Waals surface area (Å²) in [6.07, 6.45) is 17.2. The van der Waals surface area contributed by atoms with Crippen LogP contribution in [0.3, 0.4) is 0 Å². The largest absolute Gasteiger partial charge is 0.319 e. The fraction of sp³-hybridized carbons (Fsp3) is 1.00. The van der Waals surface area contributed by atoms with Crippen molar-refractivity contribution in [1.29, 1.82) is 0 Å². The van der Waals surface area contributed by atoms with E-state index in [1.165, 1.54) is 25.8 Å². The molecule has 4 bridgehead atoms. The summed E-state index contributed by atoms with van der Waals surface area (Å²) < 4.78 is 0. The Balaban J connectivity index is 1.62. The molecule has 108 valence electrons. The summed E-state index contributed by atoms with van der Waals surface area (Å²) in [7, 11) is 2.17. The van der Waals surface area contributed by atoms with Crippen LogP contribution in [-0.4, -0.2) is 13.6 Å². The summed E-state index contributed by atoms with van der Waals surface area (Å²) in [5, 5.41) is 3.54. The molecule has 0 aromatic rings. The van der Waals surface area contributed by atoms with Crippen molar-refractivity contribution < 1.29 is 0 Å². The van der Waals surface area contributed by atoms with Gasteiger partial charge in [0, 0.05) is 6.54 Å². The normalized spacial score (nSPS) is 49.7. The quantitative estimate of drug-likeness (QED) is 0.795. The third kappa shape index (κ3) is 1.99. The molecule has 0 spiro atoms. The predicted octanol–water partition coefficient (Wildman–Crippen LogP) is 4.37. The van der Waals surface area contributed by atoms with Gasteiger partial charge in [-0.2, -0.15) is 0 Å². The SMILES string of the molecule is CNCC12CC3CC(C1)CC(C1CCCCC1)(C3)C2. The van der Waals surface area contributed by atoms with Crippen molar-refractivity contribution in [2.24, 2.45) is 28.6 Å². The minimum absolute atomic E-state index is 0.705. The van der Waals surface area contributed by atoms with Gasteiger partial charge in [-0.3, -0.25) is 0 Å². The van der Waals surface area contributed by atoms with Crippen molar-refractivity contribution in [1.82, 2.24) is 5.32 Å². The molecule has 19 heavy (non-hydrogen) atoms. The highest BCUT2D eigenvalue weighted by Crippen LogP contribution is 2.68. The van der Waals surface area contributed by atoms with Crippen molar-refractivity contribution in [3.8, 4) is 0 Å². The highest BCUT2D eigenvalue weighted by atomic mass is 14.8. The number of hydrogen-bond donors (Lipinski definition) is 1. The number of nitrogens with one attached hydrogen (secondary N) is 1. The first-order valence-electron chi connectivity index (χ1n) is 8.88. The molecule has 5 aliphatic carbocycles. The molecule has 2 atom stereocenters. The molecule has 1 nitrogen and oxygen atoms in total. The summed E-state index contributed by atoms with van der Waals surface area (Å²) in [5.41, 5.74) is 1.50. The van der Waals surface area contributed by atoms with Gasteiger partial charge in [-0.15, -0.1) is 0 Å². The van der Waals surface area contributed by atoms with Gasteiger partial charge >= 0.3 is 0 Å². The molecule has 0 saturated heterocycles. The molecule has 1 heteroatoms. The molecule has 0 aromatic carbocycles. The Labute approximate surface area is 118 Å². The third-order valence-electron chi connectivity index (χ3n) is 7.25. The van der Waals surface area contributed by atoms with E-state index >= 15 is 0 Å². The van der Waals surface area contributed by atoms with Crippen LogP contribution in [0.4, 0.5) is 0 Å². The van der Waals surface area contributed by atoms with Gasteiger partial charge in [-0.05, 0) is 87.0 Å². The zero-order valence-electron chi connectivity index (χ0n) is 12.7. The van der Waals surface area contributed by atoms with Gasteiger partial charge in [-0.25, -0.2) is 0 Å². The fourth-order valence-electron chi connectivity index (χ4n) is 7.30. The molecule has 0 aromatic heterocycles. The molecule has 1 N–H and O–H groups in total. The fourth-order valence-corrected chi connectivity index (χ4v) is 7.30. The highest BCUT2D eigenvalue weighted by Gasteiger charge is 2.59. The van der Waals surface area contributed by atoms with Crippen LogP contribution in [0.25, 0.3) is 0 Å². The molecule has 5 rings (SSSR count). The van der Waals surface area contributed by atoms with Crippen LogP contribution in [0, 0.1) is 28.6 Å². The smallest absolute Gasteiger partial charge is 0.000521 e. The lowest BCUT2D eigenvalue weighted by atomic mass is 9.41. The molecule has 0 aliphatic heterocycles. The van der Waals surface area contributed by atoms with Crippen LogP contribution in [0.1, 0.15) is 70.6 Å². The first kappa shape index (κ1) is 12.7. The van der Waals surface area contributed by atoms with Crippen molar-refractivity contribution in [3.05, 3.63) is 0 Å². The second-order valence-electron chi connectivity index (χ2n) is 8.69. The Morgan fingerprint density at radius 1 is 0.947 bits per heavy atom. The van der Waals surface area contributed by atoms with E-state index in [1.54, 1.807) is 51.4 Å². The van der Waals surface area contributed by atoms with Crippen LogP contribution in [0.15, 0.2) is 0 Å². The van der Waals surface area contributed by atoms with Crippen molar-refractivity contribution in [2.45, 2.75) is 70.6 Å². The van der Waals surface area contributed by atoms with Crippen LogP contribution in [0.2, 0.25) is 0 Å². The molecular formula is C18H31N. The minimum atomic E-state index is 0.705. The summed E-state index contributed by atoms with van der Waals surface area (Å²) >= 11 is 0. The van der Waals surface area contributed by atoms with Gasteiger partial charge in [-0.1, -0.05) is 19.3 Å². The van der Waals surface area contributed by atoms with Crippen molar-refractivity contribution in [2.75, 3.05) is 13.6 Å². The van der Waals surface area contributed by atoms with Gasteiger partial charge in [0.05, 0.1) is 0 Å². The van der Waals surface area contributed by atoms with E-state index < -0.39 is 0 Å². The monoisotopic (exact) mass is 261 g/mol. The molecule has 0 radical (unpaired) electrons. The Morgan fingerprint density at radius 2 is 1.63 bits per heavy atom. The first-order valence-corrected chi connectivity index (χ1v) is 8.88. The van der Waals surface area contributed by atoms with E-state index in [-0.39, 0.29) is 0 Å². The predicted molar refractivity (Wildman–Crippen MR) is 80.0 cm³/mol. The van der Waals surface area contributed by atoms with Crippen molar-refractivity contribution in [3.63, 3.8) is 0 Å². The van der Waals surface area contributed by atoms with Crippen LogP contribution in [-0.2, 0) is 0 Å². The second kappa shape index (κ2) is 4.48. The highest BCUT2D eigenvalue weighted by molar-refractivity contribution is 5.10. The van der Waals surface area contributed by atoms with E-state index in [0.29, 0.717) is 5.41 Å². The van der Waals surface area contributed by atoms with Gasteiger partial charge in [0.2, 0.25) is 0 Å². The van der Waals surface area contributed by atoms with Gasteiger partial charge in [0.15, 0.2) is 0 Å². The first-order chi connectivity index (χ1) is 9.24. The number of hydrogen-bond acceptors (Lipinski definition) is 1. The lowest BCUT2D eigenvalue weighted by molar-refractivity contribution is -0.140. The zero-order valence-corrected chi connectivity index (χ0v) is 12.7. The van der Waals surface area contributed by atoms with Crippen LogP contribution in [0.5, 0.6) is 0 Å². The van der Waals surface area contributed by atoms with Gasteiger partial charge in [0.1, 0.15) is 0 Å².